The van der Waals surface area contributed by atoms with Gasteiger partial charge in [-0.2, -0.15) is 0 Å². The Labute approximate surface area is 85.2 Å². The molecule has 0 bridgehead atoms. The van der Waals surface area contributed by atoms with E-state index < -0.39 is 0 Å². The lowest BCUT2D eigenvalue weighted by atomic mass is 9.97. The van der Waals surface area contributed by atoms with Gasteiger partial charge in [-0.1, -0.05) is 43.0 Å². The van der Waals surface area contributed by atoms with Gasteiger partial charge in [-0.05, 0) is 24.0 Å². The van der Waals surface area contributed by atoms with E-state index in [4.69, 9.17) is 0 Å². The van der Waals surface area contributed by atoms with E-state index in [0.717, 1.165) is 25.0 Å². The first-order valence-corrected chi connectivity index (χ1v) is 5.04. The maximum absolute atomic E-state index is 4.07. The average Bonchev–Trinajstić information content (AvgIpc) is 2.30. The zero-order valence-electron chi connectivity index (χ0n) is 8.29. The molecule has 2 rings (SSSR count). The Kier molecular flexibility index (Phi) is 2.68. The van der Waals surface area contributed by atoms with Crippen molar-refractivity contribution < 1.29 is 0 Å². The summed E-state index contributed by atoms with van der Waals surface area (Å²) in [5.41, 5.74) is 3.68. The summed E-state index contributed by atoms with van der Waals surface area (Å²) in [5.74, 6) is 0. The molecule has 0 aromatic carbocycles. The fraction of sp³-hybridized carbons (Fsp3) is 0.231. The van der Waals surface area contributed by atoms with Gasteiger partial charge in [-0.25, -0.2) is 0 Å². The molecule has 1 nitrogen and oxygen atoms in total. The number of rotatable bonds is 0. The fourth-order valence-corrected chi connectivity index (χ4v) is 1.74. The van der Waals surface area contributed by atoms with Crippen molar-refractivity contribution in [2.45, 2.75) is 12.8 Å². The first-order chi connectivity index (χ1) is 6.88. The van der Waals surface area contributed by atoms with Gasteiger partial charge in [0.25, 0.3) is 0 Å². The monoisotopic (exact) mass is 185 g/mol. The van der Waals surface area contributed by atoms with Crippen molar-refractivity contribution in [2.24, 2.45) is 0 Å². The van der Waals surface area contributed by atoms with Crippen molar-refractivity contribution in [3.8, 4) is 0 Å². The summed E-state index contributed by atoms with van der Waals surface area (Å²) in [6.45, 7) is 4.98. The highest BCUT2D eigenvalue weighted by Gasteiger charge is 2.09. The lowest BCUT2D eigenvalue weighted by Crippen LogP contribution is -2.16. The van der Waals surface area contributed by atoms with Gasteiger partial charge in [-0.15, -0.1) is 0 Å². The highest BCUT2D eigenvalue weighted by Crippen LogP contribution is 2.23. The van der Waals surface area contributed by atoms with Gasteiger partial charge in [0.1, 0.15) is 0 Å². The third-order valence-corrected chi connectivity index (χ3v) is 2.49. The van der Waals surface area contributed by atoms with Crippen molar-refractivity contribution >= 4 is 0 Å². The number of nitrogens with one attached hydrogen (secondary N) is 1. The van der Waals surface area contributed by atoms with Crippen LogP contribution in [0.1, 0.15) is 12.8 Å². The van der Waals surface area contributed by atoms with E-state index in [0.29, 0.717) is 0 Å². The number of hydrogen-bond acceptors (Lipinski definition) is 1. The molecule has 0 spiro atoms. The molecular weight excluding hydrogens is 170 g/mol. The zero-order chi connectivity index (χ0) is 9.80. The fourth-order valence-electron chi connectivity index (χ4n) is 1.74. The van der Waals surface area contributed by atoms with Crippen molar-refractivity contribution in [3.05, 3.63) is 59.9 Å². The molecule has 0 saturated carbocycles. The summed E-state index contributed by atoms with van der Waals surface area (Å²) in [7, 11) is 0. The highest BCUT2D eigenvalue weighted by molar-refractivity contribution is 5.49. The molecule has 0 saturated heterocycles. The van der Waals surface area contributed by atoms with E-state index in [9.17, 15) is 0 Å². The number of hydrogen-bond donors (Lipinski definition) is 1. The molecule has 2 aliphatic rings. The summed E-state index contributed by atoms with van der Waals surface area (Å²) < 4.78 is 0. The van der Waals surface area contributed by atoms with Crippen LogP contribution in [0.3, 0.4) is 0 Å². The van der Waals surface area contributed by atoms with E-state index in [1.165, 1.54) is 11.3 Å². The third-order valence-electron chi connectivity index (χ3n) is 2.49. The van der Waals surface area contributed by atoms with E-state index >= 15 is 0 Å². The Bertz CT molecular complexity index is 353. The third kappa shape index (κ3) is 1.87. The minimum Gasteiger partial charge on any atom is -0.384 e. The lowest BCUT2D eigenvalue weighted by Gasteiger charge is -2.17. The molecule has 0 aromatic rings. The van der Waals surface area contributed by atoms with Gasteiger partial charge in [0.05, 0.1) is 0 Å². The van der Waals surface area contributed by atoms with E-state index in [1.54, 1.807) is 0 Å². The van der Waals surface area contributed by atoms with Crippen LogP contribution in [0, 0.1) is 0 Å². The SMILES string of the molecule is C=C1/C=C\C=C/CNC2=C1C=CCC2. The lowest BCUT2D eigenvalue weighted by molar-refractivity contribution is 0.791. The Balaban J connectivity index is 2.34. The second kappa shape index (κ2) is 4.14. The average molecular weight is 185 g/mol. The van der Waals surface area contributed by atoms with E-state index in [-0.39, 0.29) is 0 Å². The van der Waals surface area contributed by atoms with Crippen LogP contribution in [0.5, 0.6) is 0 Å². The standard InChI is InChI=1S/C13H15N/c1-11-7-3-2-6-10-14-13-9-5-4-8-12(11)13/h2-4,6-8,14H,1,5,9-10H2/b6-2-,7-3-. The van der Waals surface area contributed by atoms with Crippen LogP contribution in [0.4, 0.5) is 0 Å². The first-order valence-electron chi connectivity index (χ1n) is 5.04. The predicted molar refractivity (Wildman–Crippen MR) is 60.8 cm³/mol. The molecule has 0 fully saturated rings. The van der Waals surface area contributed by atoms with Gasteiger partial charge in [-0.3, -0.25) is 0 Å². The quantitative estimate of drug-likeness (QED) is 0.612. The van der Waals surface area contributed by atoms with E-state index in [1.807, 2.05) is 6.08 Å². The van der Waals surface area contributed by atoms with Crippen LogP contribution in [-0.2, 0) is 0 Å². The minimum atomic E-state index is 0.907. The molecule has 14 heavy (non-hydrogen) atoms. The highest BCUT2D eigenvalue weighted by atomic mass is 14.9. The van der Waals surface area contributed by atoms with Crippen LogP contribution in [0.25, 0.3) is 0 Å². The van der Waals surface area contributed by atoms with E-state index in [2.05, 4.69) is 42.3 Å². The van der Waals surface area contributed by atoms with Crippen molar-refractivity contribution in [2.75, 3.05) is 6.54 Å². The Morgan fingerprint density at radius 2 is 2.07 bits per heavy atom. The number of allylic oxidation sites excluding steroid dienone is 8. The minimum absolute atomic E-state index is 0.907. The van der Waals surface area contributed by atoms with Gasteiger partial charge in [0.15, 0.2) is 0 Å². The van der Waals surface area contributed by atoms with Crippen LogP contribution < -0.4 is 5.32 Å². The van der Waals surface area contributed by atoms with Crippen molar-refractivity contribution in [1.82, 2.24) is 5.32 Å². The molecule has 72 valence electrons. The Hall–Kier alpha value is -1.50. The van der Waals surface area contributed by atoms with Gasteiger partial charge >= 0.3 is 0 Å². The summed E-state index contributed by atoms with van der Waals surface area (Å²) in [6.07, 6.45) is 14.9. The molecule has 0 aromatic heterocycles. The molecule has 1 aliphatic carbocycles. The molecule has 1 N–H and O–H groups in total. The maximum atomic E-state index is 4.07. The molecule has 0 unspecified atom stereocenters. The Morgan fingerprint density at radius 3 is 3.00 bits per heavy atom. The predicted octanol–water partition coefficient (Wildman–Crippen LogP) is 2.86. The zero-order valence-corrected chi connectivity index (χ0v) is 8.29. The van der Waals surface area contributed by atoms with Gasteiger partial charge in [0.2, 0.25) is 0 Å². The smallest absolute Gasteiger partial charge is 0.0331 e. The maximum Gasteiger partial charge on any atom is 0.0331 e. The largest absolute Gasteiger partial charge is 0.384 e. The molecular formula is C13H15N. The van der Waals surface area contributed by atoms with Crippen molar-refractivity contribution in [1.29, 1.82) is 0 Å². The summed E-state index contributed by atoms with van der Waals surface area (Å²) >= 11 is 0. The molecule has 1 aliphatic heterocycles. The summed E-state index contributed by atoms with van der Waals surface area (Å²) in [4.78, 5) is 0. The van der Waals surface area contributed by atoms with Crippen LogP contribution in [0.15, 0.2) is 59.9 Å². The second-order valence-corrected chi connectivity index (χ2v) is 3.53. The van der Waals surface area contributed by atoms with Crippen LogP contribution in [-0.4, -0.2) is 6.54 Å². The van der Waals surface area contributed by atoms with Crippen molar-refractivity contribution in [3.63, 3.8) is 0 Å². The summed E-state index contributed by atoms with van der Waals surface area (Å²) in [6, 6.07) is 0. The van der Waals surface area contributed by atoms with Crippen LogP contribution >= 0.6 is 0 Å². The molecule has 0 atom stereocenters. The first kappa shape index (κ1) is 9.07. The summed E-state index contributed by atoms with van der Waals surface area (Å²) in [5, 5.41) is 3.43. The van der Waals surface area contributed by atoms with Gasteiger partial charge < -0.3 is 5.32 Å². The molecule has 0 radical (unpaired) electrons. The Morgan fingerprint density at radius 1 is 1.14 bits per heavy atom. The van der Waals surface area contributed by atoms with Crippen LogP contribution in [0.2, 0.25) is 0 Å². The second-order valence-electron chi connectivity index (χ2n) is 3.53. The molecule has 1 heteroatoms. The van der Waals surface area contributed by atoms with Gasteiger partial charge in [0, 0.05) is 12.2 Å². The normalized spacial score (nSPS) is 25.6. The molecule has 0 amide bonds. The molecule has 1 heterocycles. The topological polar surface area (TPSA) is 12.0 Å².